The van der Waals surface area contributed by atoms with Crippen LogP contribution in [0.2, 0.25) is 0 Å². The summed E-state index contributed by atoms with van der Waals surface area (Å²) in [5, 5.41) is 1.18. The number of hydrogen-bond donors (Lipinski definition) is 0. The van der Waals surface area contributed by atoms with Crippen LogP contribution in [-0.2, 0) is 0 Å². The topological polar surface area (TPSA) is 0 Å². The summed E-state index contributed by atoms with van der Waals surface area (Å²) in [4.78, 5) is 0. The second-order valence-corrected chi connectivity index (χ2v) is 7.87. The molecule has 0 aromatic rings. The van der Waals surface area contributed by atoms with Gasteiger partial charge in [0.1, 0.15) is 0 Å². The Kier molecular flexibility index (Phi) is 22.9. The van der Waals surface area contributed by atoms with Gasteiger partial charge < -0.3 is 0 Å². The highest BCUT2D eigenvalue weighted by atomic mass is 79.9. The van der Waals surface area contributed by atoms with Gasteiger partial charge in [-0.05, 0) is 25.7 Å². The normalized spacial score (nSPS) is 11.9. The zero-order valence-electron chi connectivity index (χ0n) is 16.4. The smallest absolute Gasteiger partial charge is 0.00313 e. The zero-order chi connectivity index (χ0) is 17.6. The fourth-order valence-electron chi connectivity index (χ4n) is 2.97. The third-order valence-corrected chi connectivity index (χ3v) is 5.17. The summed E-state index contributed by atoms with van der Waals surface area (Å²) >= 11 is 3.50. The number of rotatable bonds is 19. The van der Waals surface area contributed by atoms with E-state index in [4.69, 9.17) is 0 Å². The van der Waals surface area contributed by atoms with Gasteiger partial charge in [0.15, 0.2) is 0 Å². The molecule has 0 rings (SSSR count). The van der Waals surface area contributed by atoms with Crippen LogP contribution in [0.3, 0.4) is 0 Å². The lowest BCUT2D eigenvalue weighted by atomic mass is 10.0. The fourth-order valence-corrected chi connectivity index (χ4v) is 3.37. The van der Waals surface area contributed by atoms with E-state index in [2.05, 4.69) is 47.2 Å². The minimum atomic E-state index is 1.18. The van der Waals surface area contributed by atoms with Crippen molar-refractivity contribution in [1.29, 1.82) is 0 Å². The Bertz CT molecular complexity index is 267. The molecule has 24 heavy (non-hydrogen) atoms. The molecule has 0 unspecified atom stereocenters. The van der Waals surface area contributed by atoms with Crippen LogP contribution < -0.4 is 0 Å². The SMILES string of the molecule is CCCC/C=C\C=C\CCCCCCCCCCCCCCCBr. The Hall–Kier alpha value is -0.0400. The van der Waals surface area contributed by atoms with Crippen molar-refractivity contribution in [3.05, 3.63) is 24.3 Å². The molecule has 0 spiro atoms. The maximum Gasteiger partial charge on any atom is 0.00313 e. The third kappa shape index (κ3) is 22.0. The largest absolute Gasteiger partial charge is 0.0928 e. The van der Waals surface area contributed by atoms with Crippen molar-refractivity contribution in [2.45, 2.75) is 116 Å². The van der Waals surface area contributed by atoms with Crippen molar-refractivity contribution in [1.82, 2.24) is 0 Å². The van der Waals surface area contributed by atoms with Crippen molar-refractivity contribution >= 4 is 15.9 Å². The molecule has 142 valence electrons. The van der Waals surface area contributed by atoms with Gasteiger partial charge in [-0.3, -0.25) is 0 Å². The van der Waals surface area contributed by atoms with Gasteiger partial charge in [0.25, 0.3) is 0 Å². The van der Waals surface area contributed by atoms with E-state index in [1.54, 1.807) is 0 Å². The van der Waals surface area contributed by atoms with E-state index in [1.807, 2.05) is 0 Å². The number of alkyl halides is 1. The average Bonchev–Trinajstić information content (AvgIpc) is 2.60. The standard InChI is InChI=1S/C23H43Br/c1-2-3-4-5-6-7-8-9-10-11-12-13-14-15-16-17-18-19-20-21-22-23-24/h5-8H,2-4,9-23H2,1H3/b6-5-,8-7+. The first kappa shape index (κ1) is 24.0. The van der Waals surface area contributed by atoms with Crippen molar-refractivity contribution in [3.63, 3.8) is 0 Å². The lowest BCUT2D eigenvalue weighted by Gasteiger charge is -2.02. The van der Waals surface area contributed by atoms with Crippen LogP contribution in [-0.4, -0.2) is 5.33 Å². The molecule has 0 fully saturated rings. The molecule has 0 aromatic carbocycles. The maximum atomic E-state index is 3.50. The van der Waals surface area contributed by atoms with Crippen LogP contribution in [0.25, 0.3) is 0 Å². The highest BCUT2D eigenvalue weighted by molar-refractivity contribution is 9.09. The molecule has 1 heteroatoms. The zero-order valence-corrected chi connectivity index (χ0v) is 18.0. The molecule has 0 aliphatic rings. The number of allylic oxidation sites excluding steroid dienone is 4. The Morgan fingerprint density at radius 2 is 0.875 bits per heavy atom. The van der Waals surface area contributed by atoms with Crippen LogP contribution in [0.5, 0.6) is 0 Å². The first-order valence-corrected chi connectivity index (χ1v) is 11.9. The van der Waals surface area contributed by atoms with Gasteiger partial charge in [-0.15, -0.1) is 0 Å². The number of unbranched alkanes of at least 4 members (excludes halogenated alkanes) is 15. The Morgan fingerprint density at radius 1 is 0.500 bits per heavy atom. The summed E-state index contributed by atoms with van der Waals surface area (Å²) in [5.41, 5.74) is 0. The van der Waals surface area contributed by atoms with Crippen LogP contribution in [0.1, 0.15) is 116 Å². The van der Waals surface area contributed by atoms with Crippen molar-refractivity contribution in [3.8, 4) is 0 Å². The number of halogens is 1. The first-order valence-electron chi connectivity index (χ1n) is 10.8. The van der Waals surface area contributed by atoms with Crippen LogP contribution >= 0.6 is 15.9 Å². The molecule has 0 atom stereocenters. The minimum Gasteiger partial charge on any atom is -0.0928 e. The second-order valence-electron chi connectivity index (χ2n) is 7.07. The fraction of sp³-hybridized carbons (Fsp3) is 0.826. The molecule has 0 radical (unpaired) electrons. The van der Waals surface area contributed by atoms with E-state index >= 15 is 0 Å². The summed E-state index contributed by atoms with van der Waals surface area (Å²) in [6.45, 7) is 2.25. The summed E-state index contributed by atoms with van der Waals surface area (Å²) < 4.78 is 0. The lowest BCUT2D eigenvalue weighted by molar-refractivity contribution is 0.540. The summed E-state index contributed by atoms with van der Waals surface area (Å²) in [5.74, 6) is 0. The predicted molar refractivity (Wildman–Crippen MR) is 116 cm³/mol. The maximum absolute atomic E-state index is 3.50. The molecular formula is C23H43Br. The van der Waals surface area contributed by atoms with E-state index in [9.17, 15) is 0 Å². The van der Waals surface area contributed by atoms with Crippen LogP contribution in [0.15, 0.2) is 24.3 Å². The highest BCUT2D eigenvalue weighted by Crippen LogP contribution is 2.13. The Morgan fingerprint density at radius 3 is 1.29 bits per heavy atom. The molecule has 0 saturated carbocycles. The van der Waals surface area contributed by atoms with E-state index < -0.39 is 0 Å². The van der Waals surface area contributed by atoms with E-state index in [0.29, 0.717) is 0 Å². The van der Waals surface area contributed by atoms with Gasteiger partial charge in [0, 0.05) is 5.33 Å². The molecule has 0 bridgehead atoms. The van der Waals surface area contributed by atoms with E-state index in [1.165, 1.54) is 114 Å². The quantitative estimate of drug-likeness (QED) is 0.115. The molecule has 0 N–H and O–H groups in total. The molecule has 0 heterocycles. The second kappa shape index (κ2) is 23.0. The Balaban J connectivity index is 3.07. The Labute approximate surface area is 161 Å². The van der Waals surface area contributed by atoms with Crippen molar-refractivity contribution < 1.29 is 0 Å². The summed E-state index contributed by atoms with van der Waals surface area (Å²) in [6, 6.07) is 0. The van der Waals surface area contributed by atoms with Gasteiger partial charge >= 0.3 is 0 Å². The van der Waals surface area contributed by atoms with Gasteiger partial charge in [-0.25, -0.2) is 0 Å². The molecule has 0 nitrogen and oxygen atoms in total. The van der Waals surface area contributed by atoms with Gasteiger partial charge in [0.2, 0.25) is 0 Å². The number of hydrogen-bond acceptors (Lipinski definition) is 0. The van der Waals surface area contributed by atoms with Crippen LogP contribution in [0, 0.1) is 0 Å². The third-order valence-electron chi connectivity index (χ3n) is 4.61. The van der Waals surface area contributed by atoms with E-state index in [-0.39, 0.29) is 0 Å². The molecular weight excluding hydrogens is 356 g/mol. The van der Waals surface area contributed by atoms with Gasteiger partial charge in [-0.2, -0.15) is 0 Å². The summed E-state index contributed by atoms with van der Waals surface area (Å²) in [7, 11) is 0. The van der Waals surface area contributed by atoms with E-state index in [0.717, 1.165) is 0 Å². The predicted octanol–water partition coefficient (Wildman–Crippen LogP) is 9.15. The van der Waals surface area contributed by atoms with Crippen molar-refractivity contribution in [2.75, 3.05) is 5.33 Å². The first-order chi connectivity index (χ1) is 11.9. The molecule has 0 amide bonds. The molecule has 0 aromatic heterocycles. The minimum absolute atomic E-state index is 1.18. The molecule has 0 saturated heterocycles. The van der Waals surface area contributed by atoms with Gasteiger partial charge in [-0.1, -0.05) is 131 Å². The van der Waals surface area contributed by atoms with Crippen LogP contribution in [0.4, 0.5) is 0 Å². The van der Waals surface area contributed by atoms with Crippen molar-refractivity contribution in [2.24, 2.45) is 0 Å². The van der Waals surface area contributed by atoms with Gasteiger partial charge in [0.05, 0.1) is 0 Å². The molecule has 0 aliphatic carbocycles. The lowest BCUT2D eigenvalue weighted by Crippen LogP contribution is -1.83. The average molecular weight is 400 g/mol. The summed E-state index contributed by atoms with van der Waals surface area (Å²) in [6.07, 6.45) is 32.8. The monoisotopic (exact) mass is 398 g/mol. The molecule has 0 aliphatic heterocycles. The highest BCUT2D eigenvalue weighted by Gasteiger charge is 1.93.